The summed E-state index contributed by atoms with van der Waals surface area (Å²) in [6.45, 7) is 0. The lowest BCUT2D eigenvalue weighted by Crippen LogP contribution is -1.93. The third-order valence-electron chi connectivity index (χ3n) is 26.3. The maximum atomic E-state index is 2.41. The highest BCUT2D eigenvalue weighted by Crippen LogP contribution is 2.45. The van der Waals surface area contributed by atoms with Crippen LogP contribution >= 0.6 is 0 Å². The van der Waals surface area contributed by atoms with Crippen LogP contribution in [0, 0.1) is 0 Å². The molecule has 0 radical (unpaired) electrons. The zero-order chi connectivity index (χ0) is 86.0. The van der Waals surface area contributed by atoms with E-state index in [0.717, 1.165) is 17.1 Å². The van der Waals surface area contributed by atoms with Gasteiger partial charge in [0, 0.05) is 65.8 Å². The van der Waals surface area contributed by atoms with Crippen molar-refractivity contribution in [2.45, 2.75) is 0 Å². The SMILES string of the molecule is c1ccc(-c2cccc(-c3ccc(-c4ccc5c(c4)c4cc(-c6ccc(-c7ccc8c(c7)c7ccccc7n8-c7ccccc7)cc6)ccc4n5-c4ccccc4)cc3)c2)cc1.c1ccc(-c2cccc(-c3ccc4c5cc(-c6ccc(-c7ccc8c(c7)c7ccc(-c9cccc(-c%10ccccc%10)c9)cc7n8-c7ccccc7)cc6)ccc5n(-c5ccccc5)c4c3)c2)cc1. The molecule has 0 saturated carbocycles. The van der Waals surface area contributed by atoms with Crippen LogP contribution in [0.3, 0.4) is 0 Å². The lowest BCUT2D eigenvalue weighted by Gasteiger charge is -2.10. The lowest BCUT2D eigenvalue weighted by atomic mass is 9.96. The molecule has 0 N–H and O–H groups in total. The third kappa shape index (κ3) is 14.0. The molecule has 4 aromatic heterocycles. The summed E-state index contributed by atoms with van der Waals surface area (Å²) in [6.07, 6.45) is 0. The Hall–Kier alpha value is -17.2. The molecule has 130 heavy (non-hydrogen) atoms. The van der Waals surface area contributed by atoms with Crippen molar-refractivity contribution in [1.82, 2.24) is 18.3 Å². The van der Waals surface area contributed by atoms with Crippen molar-refractivity contribution >= 4 is 87.2 Å². The van der Waals surface area contributed by atoms with Gasteiger partial charge in [-0.3, -0.25) is 0 Å². The third-order valence-corrected chi connectivity index (χ3v) is 26.3. The van der Waals surface area contributed by atoms with Gasteiger partial charge < -0.3 is 18.3 Å². The molecule has 21 aromatic carbocycles. The van der Waals surface area contributed by atoms with Crippen LogP contribution in [0.25, 0.3) is 232 Å². The molecule has 0 saturated heterocycles. The van der Waals surface area contributed by atoms with Gasteiger partial charge in [0.2, 0.25) is 0 Å². The summed E-state index contributed by atoms with van der Waals surface area (Å²) in [5.74, 6) is 0. The highest BCUT2D eigenvalue weighted by Gasteiger charge is 2.22. The summed E-state index contributed by atoms with van der Waals surface area (Å²) in [5, 5.41) is 9.95. The predicted molar refractivity (Wildman–Crippen MR) is 550 cm³/mol. The minimum Gasteiger partial charge on any atom is -0.309 e. The van der Waals surface area contributed by atoms with Gasteiger partial charge in [-0.05, 0) is 268 Å². The number of benzene rings is 21. The van der Waals surface area contributed by atoms with E-state index in [2.05, 4.69) is 528 Å². The first-order valence-corrected chi connectivity index (χ1v) is 44.7. The number of nitrogens with zero attached hydrogens (tertiary/aromatic N) is 4. The number of fused-ring (bicyclic) bond motifs is 12. The van der Waals surface area contributed by atoms with Crippen LogP contribution in [0.1, 0.15) is 0 Å². The van der Waals surface area contributed by atoms with Gasteiger partial charge >= 0.3 is 0 Å². The molecule has 0 amide bonds. The van der Waals surface area contributed by atoms with Gasteiger partial charge in [-0.1, -0.05) is 364 Å². The molecule has 4 heterocycles. The van der Waals surface area contributed by atoms with Crippen LogP contribution in [-0.4, -0.2) is 18.3 Å². The van der Waals surface area contributed by atoms with Crippen molar-refractivity contribution in [2.24, 2.45) is 0 Å². The smallest absolute Gasteiger partial charge is 0.0547 e. The van der Waals surface area contributed by atoms with Gasteiger partial charge in [-0.15, -0.1) is 0 Å². The van der Waals surface area contributed by atoms with E-state index in [9.17, 15) is 0 Å². The van der Waals surface area contributed by atoms with Crippen molar-refractivity contribution < 1.29 is 0 Å². The maximum Gasteiger partial charge on any atom is 0.0547 e. The number of hydrogen-bond acceptors (Lipinski definition) is 0. The number of hydrogen-bond donors (Lipinski definition) is 0. The molecule has 0 unspecified atom stereocenters. The maximum absolute atomic E-state index is 2.41. The first-order valence-electron chi connectivity index (χ1n) is 44.7. The second kappa shape index (κ2) is 32.7. The summed E-state index contributed by atoms with van der Waals surface area (Å²) in [6, 6.07) is 186. The number of aromatic nitrogens is 4. The van der Waals surface area contributed by atoms with Crippen LogP contribution < -0.4 is 0 Å². The summed E-state index contributed by atoms with van der Waals surface area (Å²) in [4.78, 5) is 0. The van der Waals surface area contributed by atoms with Crippen molar-refractivity contribution in [3.05, 3.63) is 510 Å². The van der Waals surface area contributed by atoms with Crippen molar-refractivity contribution in [3.8, 4) is 145 Å². The van der Waals surface area contributed by atoms with E-state index < -0.39 is 0 Å². The minimum atomic E-state index is 1.15. The van der Waals surface area contributed by atoms with E-state index in [-0.39, 0.29) is 0 Å². The summed E-state index contributed by atoms with van der Waals surface area (Å²) < 4.78 is 9.60. The molecule has 25 rings (SSSR count). The van der Waals surface area contributed by atoms with Gasteiger partial charge in [-0.25, -0.2) is 0 Å². The highest BCUT2D eigenvalue weighted by molar-refractivity contribution is 6.15. The van der Waals surface area contributed by atoms with Gasteiger partial charge in [0.05, 0.1) is 44.1 Å². The first kappa shape index (κ1) is 76.5. The van der Waals surface area contributed by atoms with Crippen molar-refractivity contribution in [3.63, 3.8) is 0 Å². The number of rotatable bonds is 15. The predicted octanol–water partition coefficient (Wildman–Crippen LogP) is 34.1. The topological polar surface area (TPSA) is 19.7 Å². The Morgan fingerprint density at radius 2 is 0.246 bits per heavy atom. The Balaban J connectivity index is 0.000000145. The van der Waals surface area contributed by atoms with E-state index in [0.29, 0.717) is 0 Å². The monoisotopic (exact) mass is 1650 g/mol. The molecule has 0 aliphatic rings. The zero-order valence-corrected chi connectivity index (χ0v) is 71.3. The zero-order valence-electron chi connectivity index (χ0n) is 71.3. The van der Waals surface area contributed by atoms with Gasteiger partial charge in [0.15, 0.2) is 0 Å². The Kier molecular flexibility index (Phi) is 19.3. The van der Waals surface area contributed by atoms with Crippen molar-refractivity contribution in [2.75, 3.05) is 0 Å². The Bertz CT molecular complexity index is 8300. The molecule has 0 bridgehead atoms. The van der Waals surface area contributed by atoms with Crippen LogP contribution in [0.2, 0.25) is 0 Å². The fourth-order valence-corrected chi connectivity index (χ4v) is 19.8. The molecule has 0 atom stereocenters. The summed E-state index contributed by atoms with van der Waals surface area (Å²) in [7, 11) is 0. The fourth-order valence-electron chi connectivity index (χ4n) is 19.8. The Labute approximate surface area is 754 Å². The minimum absolute atomic E-state index is 1.15. The largest absolute Gasteiger partial charge is 0.309 e. The normalized spacial score (nSPS) is 11.5. The summed E-state index contributed by atoms with van der Waals surface area (Å²) >= 11 is 0. The molecule has 4 nitrogen and oxygen atoms in total. The molecule has 0 aliphatic carbocycles. The van der Waals surface area contributed by atoms with Gasteiger partial charge in [0.1, 0.15) is 0 Å². The Morgan fingerprint density at radius 1 is 0.0846 bits per heavy atom. The first-order chi connectivity index (χ1) is 64.4. The van der Waals surface area contributed by atoms with E-state index in [1.165, 1.54) is 215 Å². The molecule has 608 valence electrons. The second-order valence-electron chi connectivity index (χ2n) is 33.9. The second-order valence-corrected chi connectivity index (χ2v) is 33.9. The molecule has 25 aromatic rings. The van der Waals surface area contributed by atoms with Gasteiger partial charge in [0.25, 0.3) is 0 Å². The van der Waals surface area contributed by atoms with Crippen LogP contribution in [0.4, 0.5) is 0 Å². The van der Waals surface area contributed by atoms with Crippen LogP contribution in [-0.2, 0) is 0 Å². The summed E-state index contributed by atoms with van der Waals surface area (Å²) in [5.41, 5.74) is 40.8. The molecule has 0 fully saturated rings. The average Bonchev–Trinajstić information content (AvgIpc) is 1.60. The molecule has 4 heteroatoms. The lowest BCUT2D eigenvalue weighted by molar-refractivity contribution is 1.18. The van der Waals surface area contributed by atoms with E-state index >= 15 is 0 Å². The number of para-hydroxylation sites is 5. The molecular weight excluding hydrogens is 1570 g/mol. The van der Waals surface area contributed by atoms with Gasteiger partial charge in [-0.2, -0.15) is 0 Å². The standard InChI is InChI=1S/C66H44N2.C60H40N2/c1-5-15-45(16-6-1)49-19-13-21-51(39-49)55-31-35-59-61-41-53(33-37-63(61)67(65(59)43-55)57-23-9-3-10-24-57)47-27-29-48(30-28-47)54-34-38-64-62(42-54)60-36-32-56(44-66(60)68(64)58-25-11-4-12-26-58)52-22-14-20-50(40-52)46-17-7-2-8-18-46;1-4-13-41(14-5-1)46-15-12-16-47(37-46)42-23-25-44(26-24-42)49-32-35-59-55(39-49)56-40-50(33-36-60(56)62(59)52-19-8-3-9-20-52)45-29-27-43(28-30-45)48-31-34-58-54(38-48)53-21-10-11-22-57(53)61(58)51-17-6-2-7-18-51/h1-44H;1-40H. The van der Waals surface area contributed by atoms with E-state index in [4.69, 9.17) is 0 Å². The molecule has 0 spiro atoms. The average molecular weight is 1650 g/mol. The molecular formula is C126H84N4. The van der Waals surface area contributed by atoms with E-state index in [1.807, 2.05) is 0 Å². The van der Waals surface area contributed by atoms with Crippen LogP contribution in [0.15, 0.2) is 510 Å². The van der Waals surface area contributed by atoms with Crippen LogP contribution in [0.5, 0.6) is 0 Å². The quantitative estimate of drug-likeness (QED) is 0.0975. The van der Waals surface area contributed by atoms with Crippen molar-refractivity contribution in [1.29, 1.82) is 0 Å². The molecule has 0 aliphatic heterocycles. The Morgan fingerprint density at radius 3 is 0.515 bits per heavy atom. The van der Waals surface area contributed by atoms with E-state index in [1.54, 1.807) is 0 Å². The fraction of sp³-hybridized carbons (Fsp3) is 0. The highest BCUT2D eigenvalue weighted by atomic mass is 15.0.